The largest absolute Gasteiger partial charge is 0.469 e. The summed E-state index contributed by atoms with van der Waals surface area (Å²) in [5.74, 6) is -0.0175. The molecule has 138 valence electrons. The van der Waals surface area contributed by atoms with E-state index in [-0.39, 0.29) is 17.6 Å². The van der Waals surface area contributed by atoms with E-state index in [1.54, 1.807) is 24.4 Å². The van der Waals surface area contributed by atoms with Gasteiger partial charge in [-0.3, -0.25) is 9.78 Å². The second-order valence-corrected chi connectivity index (χ2v) is 6.33. The molecule has 2 aromatic heterocycles. The number of anilines is 1. The summed E-state index contributed by atoms with van der Waals surface area (Å²) >= 11 is 0. The molecule has 26 heavy (non-hydrogen) atoms. The van der Waals surface area contributed by atoms with E-state index in [0.717, 1.165) is 11.8 Å². The maximum atomic E-state index is 13.0. The molecular weight excluding hydrogens is 347 g/mol. The van der Waals surface area contributed by atoms with Crippen LogP contribution in [0.4, 0.5) is 18.9 Å². The van der Waals surface area contributed by atoms with Crippen molar-refractivity contribution in [2.45, 2.75) is 19.5 Å². The Labute approximate surface area is 148 Å². The highest BCUT2D eigenvalue weighted by Crippen LogP contribution is 2.33. The van der Waals surface area contributed by atoms with Crippen LogP contribution in [-0.2, 0) is 15.7 Å². The van der Waals surface area contributed by atoms with Gasteiger partial charge in [-0.1, -0.05) is 0 Å². The third-order valence-electron chi connectivity index (χ3n) is 4.29. The number of hydrogen-bond donors (Lipinski definition) is 0. The Morgan fingerprint density at radius 3 is 2.69 bits per heavy atom. The minimum Gasteiger partial charge on any atom is -0.469 e. The molecular formula is C18H18F3N3O2. The molecule has 0 radical (unpaired) electrons. The molecule has 2 aromatic rings. The van der Waals surface area contributed by atoms with Gasteiger partial charge in [0, 0.05) is 42.1 Å². The SMILES string of the molecule is COC(=O)CC1CN(c2ccnc(-c3cc(C)nc(C(F)(F)F)c3)c2)C1. The number of rotatable bonds is 4. The first-order chi connectivity index (χ1) is 12.3. The first-order valence-electron chi connectivity index (χ1n) is 8.10. The van der Waals surface area contributed by atoms with Gasteiger partial charge in [-0.25, -0.2) is 4.98 Å². The standard InChI is InChI=1S/C18H18F3N3O2/c1-11-5-13(7-16(23-11)18(19,20)21)15-8-14(3-4-22-15)24-9-12(10-24)6-17(25)26-2/h3-5,7-8,12H,6,9-10H2,1-2H3. The van der Waals surface area contributed by atoms with Gasteiger partial charge in [0.25, 0.3) is 0 Å². The monoisotopic (exact) mass is 365 g/mol. The molecule has 1 aliphatic heterocycles. The lowest BCUT2D eigenvalue weighted by Gasteiger charge is -2.40. The summed E-state index contributed by atoms with van der Waals surface area (Å²) in [6, 6.07) is 6.15. The number of methoxy groups -OCH3 is 1. The Kier molecular flexibility index (Phi) is 4.84. The van der Waals surface area contributed by atoms with E-state index in [4.69, 9.17) is 0 Å². The van der Waals surface area contributed by atoms with Gasteiger partial charge < -0.3 is 9.64 Å². The van der Waals surface area contributed by atoms with Crippen molar-refractivity contribution >= 4 is 11.7 Å². The maximum Gasteiger partial charge on any atom is 0.433 e. The van der Waals surface area contributed by atoms with Crippen LogP contribution in [-0.4, -0.2) is 36.1 Å². The number of pyridine rings is 2. The highest BCUT2D eigenvalue weighted by molar-refractivity contribution is 5.70. The van der Waals surface area contributed by atoms with Gasteiger partial charge in [0.2, 0.25) is 0 Å². The number of alkyl halides is 3. The number of hydrogen-bond acceptors (Lipinski definition) is 5. The summed E-state index contributed by atoms with van der Waals surface area (Å²) in [6.07, 6.45) is -2.57. The predicted molar refractivity (Wildman–Crippen MR) is 89.5 cm³/mol. The zero-order chi connectivity index (χ0) is 18.9. The Morgan fingerprint density at radius 2 is 2.04 bits per heavy atom. The van der Waals surface area contributed by atoms with E-state index in [1.165, 1.54) is 14.0 Å². The van der Waals surface area contributed by atoms with Gasteiger partial charge in [-0.15, -0.1) is 0 Å². The van der Waals surface area contributed by atoms with Crippen molar-refractivity contribution in [1.29, 1.82) is 0 Å². The molecule has 3 rings (SSSR count). The number of halogens is 3. The van der Waals surface area contributed by atoms with Crippen LogP contribution in [0, 0.1) is 12.8 Å². The average Bonchev–Trinajstić information content (AvgIpc) is 2.56. The minimum absolute atomic E-state index is 0.221. The van der Waals surface area contributed by atoms with Crippen molar-refractivity contribution in [3.63, 3.8) is 0 Å². The van der Waals surface area contributed by atoms with Crippen LogP contribution in [0.15, 0.2) is 30.5 Å². The molecule has 3 heterocycles. The first-order valence-corrected chi connectivity index (χ1v) is 8.10. The van der Waals surface area contributed by atoms with Gasteiger partial charge in [0.15, 0.2) is 0 Å². The lowest BCUT2D eigenvalue weighted by Crippen LogP contribution is -2.47. The Bertz CT molecular complexity index is 818. The molecule has 1 aliphatic rings. The van der Waals surface area contributed by atoms with Crippen LogP contribution in [0.2, 0.25) is 0 Å². The normalized spacial score (nSPS) is 14.9. The summed E-state index contributed by atoms with van der Waals surface area (Å²) in [4.78, 5) is 21.1. The fourth-order valence-electron chi connectivity index (χ4n) is 2.96. The van der Waals surface area contributed by atoms with E-state index >= 15 is 0 Å². The third kappa shape index (κ3) is 3.95. The van der Waals surface area contributed by atoms with Crippen LogP contribution >= 0.6 is 0 Å². The van der Waals surface area contributed by atoms with Crippen molar-refractivity contribution in [2.75, 3.05) is 25.1 Å². The van der Waals surface area contributed by atoms with Gasteiger partial charge >= 0.3 is 12.1 Å². The van der Waals surface area contributed by atoms with E-state index in [1.807, 2.05) is 0 Å². The van der Waals surface area contributed by atoms with Crippen LogP contribution in [0.1, 0.15) is 17.8 Å². The molecule has 0 unspecified atom stereocenters. The van der Waals surface area contributed by atoms with Crippen molar-refractivity contribution < 1.29 is 22.7 Å². The summed E-state index contributed by atoms with van der Waals surface area (Å²) in [5, 5.41) is 0. The average molecular weight is 365 g/mol. The fourth-order valence-corrected chi connectivity index (χ4v) is 2.96. The molecule has 0 aliphatic carbocycles. The molecule has 0 N–H and O–H groups in total. The molecule has 1 fully saturated rings. The number of carbonyl (C=O) groups is 1. The lowest BCUT2D eigenvalue weighted by atomic mass is 9.95. The molecule has 0 atom stereocenters. The van der Waals surface area contributed by atoms with Gasteiger partial charge in [-0.05, 0) is 31.2 Å². The first kappa shape index (κ1) is 18.2. The lowest BCUT2D eigenvalue weighted by molar-refractivity contribution is -0.142. The summed E-state index contributed by atoms with van der Waals surface area (Å²) in [5.41, 5.74) is 1.04. The van der Waals surface area contributed by atoms with Gasteiger partial charge in [0.05, 0.1) is 19.2 Å². The van der Waals surface area contributed by atoms with Crippen molar-refractivity contribution in [2.24, 2.45) is 5.92 Å². The Morgan fingerprint density at radius 1 is 1.31 bits per heavy atom. The number of carbonyl (C=O) groups excluding carboxylic acids is 1. The van der Waals surface area contributed by atoms with Gasteiger partial charge in [-0.2, -0.15) is 13.2 Å². The molecule has 1 saturated heterocycles. The molecule has 5 nitrogen and oxygen atoms in total. The molecule has 0 amide bonds. The number of ether oxygens (including phenoxy) is 1. The summed E-state index contributed by atoms with van der Waals surface area (Å²) in [7, 11) is 1.36. The maximum absolute atomic E-state index is 13.0. The number of esters is 1. The van der Waals surface area contributed by atoms with Crippen LogP contribution in [0.3, 0.4) is 0 Å². The van der Waals surface area contributed by atoms with E-state index in [9.17, 15) is 18.0 Å². The Balaban J connectivity index is 1.79. The van der Waals surface area contributed by atoms with Crippen molar-refractivity contribution in [1.82, 2.24) is 9.97 Å². The zero-order valence-electron chi connectivity index (χ0n) is 14.4. The summed E-state index contributed by atoms with van der Waals surface area (Å²) < 4.78 is 43.6. The van der Waals surface area contributed by atoms with Crippen LogP contribution in [0.25, 0.3) is 11.3 Å². The Hall–Kier alpha value is -2.64. The van der Waals surface area contributed by atoms with E-state index in [0.29, 0.717) is 30.8 Å². The quantitative estimate of drug-likeness (QED) is 0.777. The topological polar surface area (TPSA) is 55.3 Å². The van der Waals surface area contributed by atoms with Crippen molar-refractivity contribution in [3.05, 3.63) is 41.9 Å². The molecule has 8 heteroatoms. The molecule has 0 bridgehead atoms. The molecule has 0 aromatic carbocycles. The van der Waals surface area contributed by atoms with E-state index in [2.05, 4.69) is 19.6 Å². The smallest absolute Gasteiger partial charge is 0.433 e. The molecule has 0 spiro atoms. The number of nitrogens with zero attached hydrogens (tertiary/aromatic N) is 3. The zero-order valence-corrected chi connectivity index (χ0v) is 14.4. The highest BCUT2D eigenvalue weighted by atomic mass is 19.4. The second-order valence-electron chi connectivity index (χ2n) is 6.33. The van der Waals surface area contributed by atoms with E-state index < -0.39 is 11.9 Å². The summed E-state index contributed by atoms with van der Waals surface area (Å²) in [6.45, 7) is 2.92. The van der Waals surface area contributed by atoms with Crippen molar-refractivity contribution in [3.8, 4) is 11.3 Å². The third-order valence-corrected chi connectivity index (χ3v) is 4.29. The van der Waals surface area contributed by atoms with Crippen LogP contribution < -0.4 is 4.90 Å². The predicted octanol–water partition coefficient (Wildman–Crippen LogP) is 3.47. The molecule has 0 saturated carbocycles. The second kappa shape index (κ2) is 6.93. The van der Waals surface area contributed by atoms with Crippen LogP contribution in [0.5, 0.6) is 0 Å². The number of aromatic nitrogens is 2. The number of aryl methyl sites for hydroxylation is 1. The minimum atomic E-state index is -4.50. The van der Waals surface area contributed by atoms with Gasteiger partial charge in [0.1, 0.15) is 5.69 Å². The fraction of sp³-hybridized carbons (Fsp3) is 0.389. The highest BCUT2D eigenvalue weighted by Gasteiger charge is 2.33.